The summed E-state index contributed by atoms with van der Waals surface area (Å²) in [4.78, 5) is 23.6. The average Bonchev–Trinajstić information content (AvgIpc) is 2.50. The van der Waals surface area contributed by atoms with Gasteiger partial charge in [0.2, 0.25) is 0 Å². The Morgan fingerprint density at radius 2 is 1.61 bits per heavy atom. The van der Waals surface area contributed by atoms with E-state index in [0.717, 1.165) is 27.9 Å². The molecule has 0 spiro atoms. The number of amides is 1. The maximum absolute atomic E-state index is 11.9. The molecule has 0 fully saturated rings. The fraction of sp³-hybridized carbons (Fsp3) is 0.263. The summed E-state index contributed by atoms with van der Waals surface area (Å²) < 4.78 is 5.02. The number of nitrogens with one attached hydrogen (secondary N) is 1. The number of hydrogen-bond acceptors (Lipinski definition) is 3. The Bertz CT molecular complexity index is 705. The van der Waals surface area contributed by atoms with Crippen LogP contribution >= 0.6 is 0 Å². The van der Waals surface area contributed by atoms with Crippen molar-refractivity contribution < 1.29 is 14.3 Å². The number of rotatable bonds is 5. The van der Waals surface area contributed by atoms with Crippen LogP contribution in [0.2, 0.25) is 0 Å². The largest absolute Gasteiger partial charge is 0.455 e. The summed E-state index contributed by atoms with van der Waals surface area (Å²) in [5, 5.41) is 2.75. The van der Waals surface area contributed by atoms with Crippen molar-refractivity contribution in [1.29, 1.82) is 0 Å². The Kier molecular flexibility index (Phi) is 5.52. The predicted octanol–water partition coefficient (Wildman–Crippen LogP) is 3.34. The van der Waals surface area contributed by atoms with Crippen molar-refractivity contribution in [2.24, 2.45) is 0 Å². The topological polar surface area (TPSA) is 55.4 Å². The highest BCUT2D eigenvalue weighted by Gasteiger charge is 2.10. The fourth-order valence-electron chi connectivity index (χ4n) is 2.21. The van der Waals surface area contributed by atoms with Gasteiger partial charge in [-0.15, -0.1) is 0 Å². The molecule has 0 aliphatic carbocycles. The zero-order valence-electron chi connectivity index (χ0n) is 13.7. The standard InChI is InChI=1S/C19H21NO3/c1-13-4-7-16(8-5-13)11-19(22)23-12-18(21)20-17-9-6-14(2)10-15(17)3/h4-10H,11-12H2,1-3H3,(H,20,21). The first-order valence-electron chi connectivity index (χ1n) is 7.52. The van der Waals surface area contributed by atoms with Gasteiger partial charge in [0.25, 0.3) is 5.91 Å². The maximum atomic E-state index is 11.9. The van der Waals surface area contributed by atoms with E-state index in [0.29, 0.717) is 0 Å². The van der Waals surface area contributed by atoms with Gasteiger partial charge in [-0.05, 0) is 38.0 Å². The molecule has 0 unspecified atom stereocenters. The van der Waals surface area contributed by atoms with Gasteiger partial charge in [0.15, 0.2) is 6.61 Å². The quantitative estimate of drug-likeness (QED) is 0.862. The van der Waals surface area contributed by atoms with Crippen LogP contribution in [0.15, 0.2) is 42.5 Å². The second-order valence-electron chi connectivity index (χ2n) is 5.69. The van der Waals surface area contributed by atoms with Crippen molar-refractivity contribution in [2.75, 3.05) is 11.9 Å². The SMILES string of the molecule is Cc1ccc(CC(=O)OCC(=O)Nc2ccc(C)cc2C)cc1. The minimum atomic E-state index is -0.412. The zero-order valence-corrected chi connectivity index (χ0v) is 13.7. The molecular formula is C19H21NO3. The summed E-state index contributed by atoms with van der Waals surface area (Å²) in [7, 11) is 0. The number of anilines is 1. The van der Waals surface area contributed by atoms with E-state index in [1.54, 1.807) is 0 Å². The third-order valence-electron chi connectivity index (χ3n) is 3.49. The van der Waals surface area contributed by atoms with Crippen LogP contribution in [-0.4, -0.2) is 18.5 Å². The smallest absolute Gasteiger partial charge is 0.310 e. The van der Waals surface area contributed by atoms with Gasteiger partial charge in [-0.2, -0.15) is 0 Å². The van der Waals surface area contributed by atoms with Crippen LogP contribution in [0.5, 0.6) is 0 Å². The first-order valence-corrected chi connectivity index (χ1v) is 7.52. The number of aryl methyl sites for hydroxylation is 3. The normalized spacial score (nSPS) is 10.2. The number of carbonyl (C=O) groups excluding carboxylic acids is 2. The number of ether oxygens (including phenoxy) is 1. The second kappa shape index (κ2) is 7.58. The van der Waals surface area contributed by atoms with Gasteiger partial charge in [-0.1, -0.05) is 47.5 Å². The van der Waals surface area contributed by atoms with Crippen molar-refractivity contribution in [3.63, 3.8) is 0 Å². The van der Waals surface area contributed by atoms with Crippen LogP contribution in [0, 0.1) is 20.8 Å². The second-order valence-corrected chi connectivity index (χ2v) is 5.69. The Morgan fingerprint density at radius 1 is 0.957 bits per heavy atom. The summed E-state index contributed by atoms with van der Waals surface area (Å²) in [6.07, 6.45) is 0.164. The molecule has 1 amide bonds. The number of carbonyl (C=O) groups is 2. The molecule has 0 bridgehead atoms. The van der Waals surface area contributed by atoms with Crippen molar-refractivity contribution >= 4 is 17.6 Å². The molecule has 0 aliphatic rings. The van der Waals surface area contributed by atoms with E-state index >= 15 is 0 Å². The van der Waals surface area contributed by atoms with Gasteiger partial charge < -0.3 is 10.1 Å². The summed E-state index contributed by atoms with van der Waals surface area (Å²) >= 11 is 0. The van der Waals surface area contributed by atoms with Crippen molar-refractivity contribution in [3.05, 3.63) is 64.7 Å². The maximum Gasteiger partial charge on any atom is 0.310 e. The van der Waals surface area contributed by atoms with E-state index in [4.69, 9.17) is 4.74 Å². The molecule has 0 heterocycles. The summed E-state index contributed by atoms with van der Waals surface area (Å²) in [5.41, 5.74) is 4.84. The van der Waals surface area contributed by atoms with E-state index in [1.165, 1.54) is 0 Å². The van der Waals surface area contributed by atoms with Crippen LogP contribution in [-0.2, 0) is 20.7 Å². The highest BCUT2D eigenvalue weighted by atomic mass is 16.5. The molecule has 0 atom stereocenters. The molecule has 0 radical (unpaired) electrons. The lowest BCUT2D eigenvalue weighted by Gasteiger charge is -2.09. The zero-order chi connectivity index (χ0) is 16.8. The van der Waals surface area contributed by atoms with E-state index in [1.807, 2.05) is 63.2 Å². The molecule has 120 valence electrons. The lowest BCUT2D eigenvalue weighted by molar-refractivity contribution is -0.146. The van der Waals surface area contributed by atoms with E-state index in [-0.39, 0.29) is 18.9 Å². The number of benzene rings is 2. The number of hydrogen-bond donors (Lipinski definition) is 1. The molecule has 0 aliphatic heterocycles. The van der Waals surface area contributed by atoms with Gasteiger partial charge in [-0.25, -0.2) is 0 Å². The predicted molar refractivity (Wildman–Crippen MR) is 90.4 cm³/mol. The molecule has 0 aromatic heterocycles. The van der Waals surface area contributed by atoms with Crippen LogP contribution < -0.4 is 5.32 Å². The van der Waals surface area contributed by atoms with Gasteiger partial charge in [0.05, 0.1) is 6.42 Å². The monoisotopic (exact) mass is 311 g/mol. The van der Waals surface area contributed by atoms with Gasteiger partial charge in [0.1, 0.15) is 0 Å². The molecule has 1 N–H and O–H groups in total. The molecule has 23 heavy (non-hydrogen) atoms. The van der Waals surface area contributed by atoms with E-state index in [9.17, 15) is 9.59 Å². The molecule has 4 nitrogen and oxygen atoms in total. The Hall–Kier alpha value is -2.62. The van der Waals surface area contributed by atoms with E-state index in [2.05, 4.69) is 5.32 Å². The van der Waals surface area contributed by atoms with Crippen molar-refractivity contribution in [1.82, 2.24) is 0 Å². The minimum Gasteiger partial charge on any atom is -0.455 e. The van der Waals surface area contributed by atoms with Crippen molar-refractivity contribution in [3.8, 4) is 0 Å². The summed E-state index contributed by atoms with van der Waals surface area (Å²) in [5.74, 6) is -0.751. The highest BCUT2D eigenvalue weighted by Crippen LogP contribution is 2.15. The Balaban J connectivity index is 1.81. The third-order valence-corrected chi connectivity index (χ3v) is 3.49. The molecule has 4 heteroatoms. The molecular weight excluding hydrogens is 290 g/mol. The minimum absolute atomic E-state index is 0.164. The van der Waals surface area contributed by atoms with Gasteiger partial charge in [-0.3, -0.25) is 9.59 Å². The highest BCUT2D eigenvalue weighted by molar-refractivity contribution is 5.93. The van der Waals surface area contributed by atoms with Crippen LogP contribution in [0.25, 0.3) is 0 Å². The Morgan fingerprint density at radius 3 is 2.26 bits per heavy atom. The fourth-order valence-corrected chi connectivity index (χ4v) is 2.21. The van der Waals surface area contributed by atoms with Gasteiger partial charge in [0, 0.05) is 5.69 Å². The first-order chi connectivity index (χ1) is 10.9. The Labute approximate surface area is 136 Å². The van der Waals surface area contributed by atoms with Crippen LogP contribution in [0.3, 0.4) is 0 Å². The van der Waals surface area contributed by atoms with E-state index < -0.39 is 5.97 Å². The average molecular weight is 311 g/mol. The summed E-state index contributed by atoms with van der Waals surface area (Å²) in [6.45, 7) is 5.62. The lowest BCUT2D eigenvalue weighted by Crippen LogP contribution is -2.22. The van der Waals surface area contributed by atoms with Crippen LogP contribution in [0.4, 0.5) is 5.69 Å². The van der Waals surface area contributed by atoms with Gasteiger partial charge >= 0.3 is 5.97 Å². The molecule has 0 saturated heterocycles. The molecule has 2 rings (SSSR count). The molecule has 2 aromatic carbocycles. The summed E-state index contributed by atoms with van der Waals surface area (Å²) in [6, 6.07) is 13.4. The van der Waals surface area contributed by atoms with Crippen LogP contribution in [0.1, 0.15) is 22.3 Å². The lowest BCUT2D eigenvalue weighted by atomic mass is 10.1. The molecule has 0 saturated carbocycles. The molecule has 2 aromatic rings. The first kappa shape index (κ1) is 16.7. The third kappa shape index (κ3) is 5.25. The van der Waals surface area contributed by atoms with Crippen molar-refractivity contribution in [2.45, 2.75) is 27.2 Å². The number of esters is 1.